The number of allylic oxidation sites excluding steroid dienone is 3. The fourth-order valence-electron chi connectivity index (χ4n) is 6.16. The summed E-state index contributed by atoms with van der Waals surface area (Å²) in [7, 11) is 0. The molecule has 0 saturated heterocycles. The van der Waals surface area contributed by atoms with Crippen molar-refractivity contribution in [1.82, 2.24) is 14.5 Å². The maximum Gasteiger partial charge on any atom is 0.339 e. The molecule has 0 aromatic carbocycles. The summed E-state index contributed by atoms with van der Waals surface area (Å²) in [5, 5.41) is 14.7. The lowest BCUT2D eigenvalue weighted by molar-refractivity contribution is -0.131. The van der Waals surface area contributed by atoms with Gasteiger partial charge in [0.2, 0.25) is 0 Å². The molecule has 0 atom stereocenters. The van der Waals surface area contributed by atoms with Crippen molar-refractivity contribution in [2.24, 2.45) is 10.4 Å². The Balaban J connectivity index is 1.19. The van der Waals surface area contributed by atoms with Gasteiger partial charge in [0.25, 0.3) is 0 Å². The van der Waals surface area contributed by atoms with Crippen molar-refractivity contribution in [3.05, 3.63) is 69.1 Å². The van der Waals surface area contributed by atoms with Gasteiger partial charge >= 0.3 is 5.97 Å². The second-order valence-corrected chi connectivity index (χ2v) is 12.3. The van der Waals surface area contributed by atoms with Gasteiger partial charge in [-0.05, 0) is 83.1 Å². The molecule has 7 rings (SSSR count). The van der Waals surface area contributed by atoms with E-state index in [4.69, 9.17) is 32.5 Å². The molecular formula is C31H30Cl2N4O4. The first-order valence-corrected chi connectivity index (χ1v) is 14.5. The van der Waals surface area contributed by atoms with Gasteiger partial charge in [-0.3, -0.25) is 9.39 Å². The smallest absolute Gasteiger partial charge is 0.339 e. The van der Waals surface area contributed by atoms with Crippen LogP contribution in [0, 0.1) is 17.3 Å². The summed E-state index contributed by atoms with van der Waals surface area (Å²) in [5.41, 5.74) is 3.05. The summed E-state index contributed by atoms with van der Waals surface area (Å²) >= 11 is 13.0. The van der Waals surface area contributed by atoms with E-state index in [0.29, 0.717) is 45.2 Å². The van der Waals surface area contributed by atoms with Crippen LogP contribution >= 0.6 is 23.2 Å². The van der Waals surface area contributed by atoms with E-state index in [9.17, 15) is 9.90 Å². The molecule has 3 aromatic heterocycles. The Morgan fingerprint density at radius 2 is 2.02 bits per heavy atom. The molecule has 3 aromatic rings. The first kappa shape index (κ1) is 27.8. The summed E-state index contributed by atoms with van der Waals surface area (Å²) in [6.45, 7) is 5.64. The normalized spacial score (nSPS) is 24.6. The molecule has 4 saturated carbocycles. The van der Waals surface area contributed by atoms with E-state index >= 15 is 0 Å². The van der Waals surface area contributed by atoms with Crippen molar-refractivity contribution in [2.45, 2.75) is 76.4 Å². The van der Waals surface area contributed by atoms with Crippen LogP contribution in [-0.2, 0) is 11.3 Å². The number of pyridine rings is 1. The van der Waals surface area contributed by atoms with Crippen molar-refractivity contribution in [3.8, 4) is 11.8 Å². The summed E-state index contributed by atoms with van der Waals surface area (Å²) in [6, 6.07) is 3.26. The lowest BCUT2D eigenvalue weighted by atomic mass is 9.59. The number of hydrogen-bond donors (Lipinski definition) is 1. The van der Waals surface area contributed by atoms with Crippen LogP contribution in [0.4, 0.5) is 0 Å². The highest BCUT2D eigenvalue weighted by molar-refractivity contribution is 6.41. The number of hydrogen-bond acceptors (Lipinski definition) is 6. The number of halogens is 2. The largest absolute Gasteiger partial charge is 0.478 e. The maximum absolute atomic E-state index is 11.6. The minimum atomic E-state index is -1.00. The number of carbonyl (C=O) groups is 1. The van der Waals surface area contributed by atoms with E-state index in [0.717, 1.165) is 62.7 Å². The molecule has 2 bridgehead atoms. The average Bonchev–Trinajstić information content (AvgIpc) is 3.60. The maximum atomic E-state index is 11.6. The third-order valence-electron chi connectivity index (χ3n) is 8.71. The highest BCUT2D eigenvalue weighted by Crippen LogP contribution is 2.54. The van der Waals surface area contributed by atoms with Gasteiger partial charge in [0, 0.05) is 39.9 Å². The third kappa shape index (κ3) is 5.23. The van der Waals surface area contributed by atoms with Crippen LogP contribution in [0.15, 0.2) is 50.3 Å². The Morgan fingerprint density at radius 3 is 2.66 bits per heavy atom. The van der Waals surface area contributed by atoms with Gasteiger partial charge in [0.05, 0.1) is 23.4 Å². The SMILES string of the molecule is C=N/C=C(Cl)\C(=C(/C)Cl)c1noc(C2CC2)c1COC12CCC(C#Cc3cnc4c(C(=O)O)cccn34)(CC1)CC2. The second kappa shape index (κ2) is 10.8. The molecular weight excluding hydrogens is 563 g/mol. The van der Waals surface area contributed by atoms with Crippen LogP contribution in [0.25, 0.3) is 11.2 Å². The predicted molar refractivity (Wildman–Crippen MR) is 157 cm³/mol. The predicted octanol–water partition coefficient (Wildman–Crippen LogP) is 7.31. The quantitative estimate of drug-likeness (QED) is 0.167. The van der Waals surface area contributed by atoms with Crippen molar-refractivity contribution in [2.75, 3.05) is 0 Å². The summed E-state index contributed by atoms with van der Waals surface area (Å²) in [6.07, 6.45) is 12.6. The molecule has 1 N–H and O–H groups in total. The number of aliphatic imine (C=N–C) groups is 1. The molecule has 8 nitrogen and oxygen atoms in total. The molecule has 4 fully saturated rings. The van der Waals surface area contributed by atoms with E-state index in [-0.39, 0.29) is 16.6 Å². The van der Waals surface area contributed by atoms with Gasteiger partial charge in [-0.2, -0.15) is 0 Å². The van der Waals surface area contributed by atoms with Gasteiger partial charge in [-0.15, -0.1) is 0 Å². The minimum absolute atomic E-state index is 0.0805. The third-order valence-corrected chi connectivity index (χ3v) is 9.19. The average molecular weight is 594 g/mol. The monoisotopic (exact) mass is 592 g/mol. The molecule has 10 heteroatoms. The van der Waals surface area contributed by atoms with Crippen molar-refractivity contribution in [1.29, 1.82) is 0 Å². The summed E-state index contributed by atoms with van der Waals surface area (Å²) < 4.78 is 14.3. The Labute approximate surface area is 248 Å². The molecule has 0 spiro atoms. The van der Waals surface area contributed by atoms with Crippen LogP contribution in [-0.4, -0.2) is 37.9 Å². The summed E-state index contributed by atoms with van der Waals surface area (Å²) in [4.78, 5) is 19.7. The zero-order valence-electron chi connectivity index (χ0n) is 22.8. The molecule has 4 aliphatic rings. The Hall–Kier alpha value is -3.38. The molecule has 41 heavy (non-hydrogen) atoms. The van der Waals surface area contributed by atoms with E-state index < -0.39 is 5.97 Å². The van der Waals surface area contributed by atoms with Crippen LogP contribution in [0.1, 0.15) is 97.3 Å². The van der Waals surface area contributed by atoms with Gasteiger partial charge in [0.15, 0.2) is 5.65 Å². The number of fused-ring (bicyclic) bond motifs is 4. The minimum Gasteiger partial charge on any atom is -0.478 e. The van der Waals surface area contributed by atoms with E-state index in [2.05, 4.69) is 33.7 Å². The second-order valence-electron chi connectivity index (χ2n) is 11.3. The van der Waals surface area contributed by atoms with Crippen LogP contribution < -0.4 is 0 Å². The highest BCUT2D eigenvalue weighted by Gasteiger charge is 2.49. The number of carboxylic acids is 1. The van der Waals surface area contributed by atoms with Crippen molar-refractivity contribution < 1.29 is 19.2 Å². The lowest BCUT2D eigenvalue weighted by Crippen LogP contribution is -2.47. The van der Waals surface area contributed by atoms with Gasteiger partial charge in [-0.25, -0.2) is 9.78 Å². The highest BCUT2D eigenvalue weighted by atomic mass is 35.5. The number of aromatic carboxylic acids is 1. The Bertz CT molecular complexity index is 1640. The fourth-order valence-corrected chi connectivity index (χ4v) is 6.70. The standard InChI is InChI=1S/C31H30Cl2N4O4/c1-19(32)25(24(33)17-34-2)26-23(27(41-36-26)20-5-6-20)18-40-31-12-9-30(10-13-31,11-14-31)8-7-21-16-35-28-22(29(38)39)4-3-15-37(21)28/h3-4,15-17,20H,2,5-6,9-14,18H2,1H3,(H,38,39)/b24-17+,25-19-. The Morgan fingerprint density at radius 1 is 1.29 bits per heavy atom. The van der Waals surface area contributed by atoms with Crippen LogP contribution in [0.2, 0.25) is 0 Å². The zero-order valence-corrected chi connectivity index (χ0v) is 24.3. The van der Waals surface area contributed by atoms with E-state index in [1.165, 1.54) is 6.20 Å². The van der Waals surface area contributed by atoms with Crippen molar-refractivity contribution >= 4 is 47.1 Å². The number of carboxylic acid groups (broad SMARTS) is 1. The van der Waals surface area contributed by atoms with Gasteiger partial charge in [-0.1, -0.05) is 34.3 Å². The lowest BCUT2D eigenvalue weighted by Gasteiger charge is -2.51. The molecule has 0 unspecified atom stereocenters. The number of nitrogens with zero attached hydrogens (tertiary/aromatic N) is 4. The fraction of sp³-hybridized carbons (Fsp3) is 0.419. The molecule has 0 amide bonds. The number of aromatic nitrogens is 3. The van der Waals surface area contributed by atoms with Crippen LogP contribution in [0.5, 0.6) is 0 Å². The molecule has 0 radical (unpaired) electrons. The molecule has 212 valence electrons. The van der Waals surface area contributed by atoms with E-state index in [1.54, 1.807) is 35.9 Å². The number of rotatable bonds is 8. The molecule has 3 heterocycles. The first-order valence-electron chi connectivity index (χ1n) is 13.8. The zero-order chi connectivity index (χ0) is 28.8. The number of ether oxygens (including phenoxy) is 1. The molecule has 4 aliphatic carbocycles. The van der Waals surface area contributed by atoms with Crippen molar-refractivity contribution in [3.63, 3.8) is 0 Å². The first-order chi connectivity index (χ1) is 19.7. The molecule has 0 aliphatic heterocycles. The van der Waals surface area contributed by atoms with Gasteiger partial charge in [0.1, 0.15) is 22.7 Å². The number of imidazole rings is 1. The van der Waals surface area contributed by atoms with E-state index in [1.807, 2.05) is 0 Å². The summed E-state index contributed by atoms with van der Waals surface area (Å²) in [5.74, 6) is 7.06. The topological polar surface area (TPSA) is 102 Å². The van der Waals surface area contributed by atoms with Gasteiger partial charge < -0.3 is 14.4 Å². The van der Waals surface area contributed by atoms with Crippen LogP contribution in [0.3, 0.4) is 0 Å². The Kier molecular flexibility index (Phi) is 7.31.